The van der Waals surface area contributed by atoms with Crippen molar-refractivity contribution in [2.24, 2.45) is 5.73 Å². The van der Waals surface area contributed by atoms with Crippen LogP contribution in [-0.2, 0) is 6.54 Å². The molecule has 3 rings (SSSR count). The van der Waals surface area contributed by atoms with Gasteiger partial charge in [-0.1, -0.05) is 40.0 Å². The first-order valence-electron chi connectivity index (χ1n) is 6.32. The third-order valence-corrected chi connectivity index (χ3v) is 4.21. The Kier molecular flexibility index (Phi) is 4.25. The van der Waals surface area contributed by atoms with Gasteiger partial charge in [0.05, 0.1) is 39.6 Å². The summed E-state index contributed by atoms with van der Waals surface area (Å²) in [7, 11) is 0. The summed E-state index contributed by atoms with van der Waals surface area (Å²) in [6.07, 6.45) is 4.50. The molecule has 118 valence electrons. The van der Waals surface area contributed by atoms with Crippen LogP contribution >= 0.6 is 34.8 Å². The minimum absolute atomic E-state index is 0.288. The Morgan fingerprint density at radius 1 is 1.17 bits per heavy atom. The van der Waals surface area contributed by atoms with Crippen molar-refractivity contribution in [2.75, 3.05) is 0 Å². The maximum atomic E-state index is 11.1. The molecule has 0 saturated carbocycles. The number of halogens is 3. The second-order valence-corrected chi connectivity index (χ2v) is 5.88. The first-order chi connectivity index (χ1) is 10.9. The number of carbonyl (C=O) groups is 1. The van der Waals surface area contributed by atoms with E-state index in [1.54, 1.807) is 23.0 Å². The maximum Gasteiger partial charge on any atom is 0.251 e. The molecule has 0 saturated heterocycles. The second kappa shape index (κ2) is 6.19. The molecule has 0 fully saturated rings. The second-order valence-electron chi connectivity index (χ2n) is 4.69. The molecule has 0 bridgehead atoms. The molecule has 2 heterocycles. The lowest BCUT2D eigenvalue weighted by atomic mass is 10.2. The summed E-state index contributed by atoms with van der Waals surface area (Å²) in [6, 6.07) is 3.41. The summed E-state index contributed by atoms with van der Waals surface area (Å²) in [5.41, 5.74) is 6.29. The molecule has 0 atom stereocenters. The fourth-order valence-electron chi connectivity index (χ4n) is 1.93. The number of benzene rings is 1. The molecular weight excluding hydrogens is 363 g/mol. The molecule has 0 radical (unpaired) electrons. The molecule has 10 heteroatoms. The van der Waals surface area contributed by atoms with E-state index >= 15 is 0 Å². The highest BCUT2D eigenvalue weighted by atomic mass is 35.5. The van der Waals surface area contributed by atoms with Crippen molar-refractivity contribution in [3.8, 4) is 5.82 Å². The molecule has 3 aromatic rings. The third-order valence-electron chi connectivity index (χ3n) is 3.02. The first-order valence-corrected chi connectivity index (χ1v) is 7.46. The Morgan fingerprint density at radius 3 is 2.48 bits per heavy atom. The van der Waals surface area contributed by atoms with Crippen LogP contribution in [0, 0.1) is 0 Å². The van der Waals surface area contributed by atoms with Crippen LogP contribution < -0.4 is 5.73 Å². The van der Waals surface area contributed by atoms with Crippen LogP contribution in [0.25, 0.3) is 5.82 Å². The molecule has 0 aliphatic rings. The van der Waals surface area contributed by atoms with Gasteiger partial charge in [0, 0.05) is 6.20 Å². The number of primary amides is 1. The Morgan fingerprint density at radius 2 is 1.87 bits per heavy atom. The van der Waals surface area contributed by atoms with Crippen molar-refractivity contribution < 1.29 is 4.79 Å². The largest absolute Gasteiger partial charge is 0.366 e. The average Bonchev–Trinajstić information content (AvgIpc) is 3.13. The lowest BCUT2D eigenvalue weighted by molar-refractivity contribution is 0.100. The number of nitrogens with zero attached hydrogens (tertiary/aromatic N) is 5. The van der Waals surface area contributed by atoms with Gasteiger partial charge in [-0.15, -0.1) is 5.10 Å². The van der Waals surface area contributed by atoms with E-state index in [2.05, 4.69) is 15.4 Å². The van der Waals surface area contributed by atoms with Crippen LogP contribution in [0.15, 0.2) is 30.7 Å². The molecule has 0 aliphatic carbocycles. The molecule has 7 nitrogen and oxygen atoms in total. The van der Waals surface area contributed by atoms with Crippen LogP contribution in [0.4, 0.5) is 0 Å². The van der Waals surface area contributed by atoms with Crippen LogP contribution in [0.5, 0.6) is 0 Å². The lowest BCUT2D eigenvalue weighted by Gasteiger charge is -2.05. The zero-order valence-electron chi connectivity index (χ0n) is 11.4. The number of carbonyl (C=O) groups excluding carboxylic acids is 1. The fraction of sp³-hybridized carbons (Fsp3) is 0.0769. The van der Waals surface area contributed by atoms with Gasteiger partial charge >= 0.3 is 0 Å². The number of nitrogens with two attached hydrogens (primary N) is 1. The summed E-state index contributed by atoms with van der Waals surface area (Å²) in [6.45, 7) is 0.396. The molecule has 23 heavy (non-hydrogen) atoms. The highest BCUT2D eigenvalue weighted by Gasteiger charge is 2.10. The first kappa shape index (κ1) is 15.8. The molecule has 2 N–H and O–H groups in total. The van der Waals surface area contributed by atoms with E-state index in [1.165, 1.54) is 17.1 Å². The number of rotatable bonds is 4. The minimum atomic E-state index is -0.561. The highest BCUT2D eigenvalue weighted by Crippen LogP contribution is 2.31. The fourth-order valence-corrected chi connectivity index (χ4v) is 2.57. The van der Waals surface area contributed by atoms with Crippen LogP contribution in [-0.4, -0.2) is 30.7 Å². The number of hydrogen-bond donors (Lipinski definition) is 1. The predicted octanol–water partition coefficient (Wildman–Crippen LogP) is 2.57. The van der Waals surface area contributed by atoms with Gasteiger partial charge < -0.3 is 5.73 Å². The van der Waals surface area contributed by atoms with Crippen molar-refractivity contribution in [1.82, 2.24) is 24.8 Å². The van der Waals surface area contributed by atoms with Crippen molar-refractivity contribution in [3.05, 3.63) is 56.9 Å². The zero-order valence-corrected chi connectivity index (χ0v) is 13.7. The van der Waals surface area contributed by atoms with E-state index in [-0.39, 0.29) is 5.56 Å². The Balaban J connectivity index is 1.83. The number of amides is 1. The molecule has 0 spiro atoms. The standard InChI is InChI=1S/C13H9Cl3N6O/c14-9-1-7(2-10(15)12(9)16)4-21-6-11(19-20-21)22-5-8(3-18-22)13(17)23/h1-3,5-6H,4H2,(H2,17,23). The van der Waals surface area contributed by atoms with Gasteiger partial charge in [-0.25, -0.2) is 9.36 Å². The van der Waals surface area contributed by atoms with Crippen molar-refractivity contribution in [3.63, 3.8) is 0 Å². The van der Waals surface area contributed by atoms with Crippen molar-refractivity contribution >= 4 is 40.7 Å². The molecule has 0 unspecified atom stereocenters. The quantitative estimate of drug-likeness (QED) is 0.713. The summed E-state index contributed by atoms with van der Waals surface area (Å²) in [4.78, 5) is 11.1. The summed E-state index contributed by atoms with van der Waals surface area (Å²) in [5.74, 6) is -0.113. The summed E-state index contributed by atoms with van der Waals surface area (Å²) in [5, 5.41) is 13.0. The molecular formula is C13H9Cl3N6O. The van der Waals surface area contributed by atoms with Gasteiger partial charge in [0.2, 0.25) is 0 Å². The number of aromatic nitrogens is 5. The van der Waals surface area contributed by atoms with Crippen molar-refractivity contribution in [1.29, 1.82) is 0 Å². The van der Waals surface area contributed by atoms with Gasteiger partial charge in [-0.3, -0.25) is 4.79 Å². The predicted molar refractivity (Wildman–Crippen MR) is 86.2 cm³/mol. The van der Waals surface area contributed by atoms with E-state index in [1.807, 2.05) is 0 Å². The van der Waals surface area contributed by atoms with Gasteiger partial charge in [0.25, 0.3) is 5.91 Å². The monoisotopic (exact) mass is 370 g/mol. The Hall–Kier alpha value is -2.09. The van der Waals surface area contributed by atoms with Gasteiger partial charge in [0.15, 0.2) is 5.82 Å². The number of hydrogen-bond acceptors (Lipinski definition) is 4. The summed E-state index contributed by atoms with van der Waals surface area (Å²) >= 11 is 17.9. The molecule has 0 aliphatic heterocycles. The topological polar surface area (TPSA) is 91.6 Å². The lowest BCUT2D eigenvalue weighted by Crippen LogP contribution is -2.09. The van der Waals surface area contributed by atoms with E-state index in [9.17, 15) is 4.79 Å². The van der Waals surface area contributed by atoms with E-state index in [0.717, 1.165) is 5.56 Å². The SMILES string of the molecule is NC(=O)c1cnn(-c2cn(Cc3cc(Cl)c(Cl)c(Cl)c3)nn2)c1. The minimum Gasteiger partial charge on any atom is -0.366 e. The van der Waals surface area contributed by atoms with Crippen molar-refractivity contribution in [2.45, 2.75) is 6.54 Å². The zero-order chi connectivity index (χ0) is 16.6. The Labute approximate surface area is 145 Å². The smallest absolute Gasteiger partial charge is 0.251 e. The van der Waals surface area contributed by atoms with Gasteiger partial charge in [-0.05, 0) is 17.7 Å². The normalized spacial score (nSPS) is 10.9. The van der Waals surface area contributed by atoms with E-state index in [0.29, 0.717) is 27.4 Å². The highest BCUT2D eigenvalue weighted by molar-refractivity contribution is 6.48. The van der Waals surface area contributed by atoms with Gasteiger partial charge in [-0.2, -0.15) is 5.10 Å². The van der Waals surface area contributed by atoms with Gasteiger partial charge in [0.1, 0.15) is 0 Å². The maximum absolute atomic E-state index is 11.1. The molecule has 1 aromatic carbocycles. The van der Waals surface area contributed by atoms with Crippen LogP contribution in [0.2, 0.25) is 15.1 Å². The molecule has 1 amide bonds. The van der Waals surface area contributed by atoms with E-state index in [4.69, 9.17) is 40.5 Å². The Bertz CT molecular complexity index is 864. The molecule has 2 aromatic heterocycles. The van der Waals surface area contributed by atoms with Crippen LogP contribution in [0.1, 0.15) is 15.9 Å². The van der Waals surface area contributed by atoms with Crippen LogP contribution in [0.3, 0.4) is 0 Å². The average molecular weight is 372 g/mol. The van der Waals surface area contributed by atoms with E-state index < -0.39 is 5.91 Å². The third kappa shape index (κ3) is 3.31. The summed E-state index contributed by atoms with van der Waals surface area (Å²) < 4.78 is 2.99.